The van der Waals surface area contributed by atoms with Crippen molar-refractivity contribution in [2.75, 3.05) is 6.54 Å². The molecule has 1 aromatic heterocycles. The first-order valence-electron chi connectivity index (χ1n) is 7.43. The molecule has 0 aliphatic carbocycles. The molecule has 2 aliphatic rings. The lowest BCUT2D eigenvalue weighted by Gasteiger charge is -2.30. The van der Waals surface area contributed by atoms with Crippen LogP contribution in [0.1, 0.15) is 57.2 Å². The van der Waals surface area contributed by atoms with Gasteiger partial charge < -0.3 is 9.88 Å². The minimum atomic E-state index is 0.429. The molecule has 3 heterocycles. The number of nitrogens with zero attached hydrogens (tertiary/aromatic N) is 3. The summed E-state index contributed by atoms with van der Waals surface area (Å²) < 4.78 is 2.37. The molecule has 1 saturated heterocycles. The van der Waals surface area contributed by atoms with E-state index in [-0.39, 0.29) is 0 Å². The fourth-order valence-corrected chi connectivity index (χ4v) is 3.33. The highest BCUT2D eigenvalue weighted by Gasteiger charge is 2.28. The van der Waals surface area contributed by atoms with E-state index in [1.54, 1.807) is 0 Å². The van der Waals surface area contributed by atoms with Crippen molar-refractivity contribution in [2.24, 2.45) is 11.8 Å². The number of fused-ring (bicyclic) bond motifs is 1. The highest BCUT2D eigenvalue weighted by atomic mass is 15.3. The topological polar surface area (TPSA) is 42.7 Å². The second-order valence-electron chi connectivity index (χ2n) is 6.03. The Morgan fingerprint density at radius 3 is 3.06 bits per heavy atom. The Labute approximate surface area is 109 Å². The van der Waals surface area contributed by atoms with E-state index in [1.807, 2.05) is 0 Å². The smallest absolute Gasteiger partial charge is 0.150 e. The summed E-state index contributed by atoms with van der Waals surface area (Å²) in [6.07, 6.45) is 6.18. The van der Waals surface area contributed by atoms with Crippen molar-refractivity contribution in [1.82, 2.24) is 20.1 Å². The van der Waals surface area contributed by atoms with Gasteiger partial charge in [-0.3, -0.25) is 0 Å². The second kappa shape index (κ2) is 5.00. The van der Waals surface area contributed by atoms with Crippen LogP contribution in [0.25, 0.3) is 0 Å². The molecule has 3 rings (SSSR count). The van der Waals surface area contributed by atoms with Crippen molar-refractivity contribution in [2.45, 2.75) is 58.5 Å². The molecule has 1 N–H and O–H groups in total. The third-order valence-corrected chi connectivity index (χ3v) is 4.63. The Balaban J connectivity index is 1.80. The predicted molar refractivity (Wildman–Crippen MR) is 71.3 cm³/mol. The molecular formula is C14H24N4. The lowest BCUT2D eigenvalue weighted by Crippen LogP contribution is -2.34. The lowest BCUT2D eigenvalue weighted by molar-refractivity contribution is 0.280. The van der Waals surface area contributed by atoms with Crippen LogP contribution < -0.4 is 5.32 Å². The fraction of sp³-hybridized carbons (Fsp3) is 0.857. The molecule has 0 bridgehead atoms. The van der Waals surface area contributed by atoms with Gasteiger partial charge in [-0.2, -0.15) is 0 Å². The van der Waals surface area contributed by atoms with E-state index in [2.05, 4.69) is 33.9 Å². The first kappa shape index (κ1) is 12.2. The molecular weight excluding hydrogens is 224 g/mol. The van der Waals surface area contributed by atoms with Gasteiger partial charge in [0.1, 0.15) is 11.6 Å². The molecule has 2 aliphatic heterocycles. The SMILES string of the molecule is CCC1CCNC(c2nnc3n2CCC(C)C3)C1. The van der Waals surface area contributed by atoms with E-state index in [4.69, 9.17) is 0 Å². The van der Waals surface area contributed by atoms with Gasteiger partial charge in [0.15, 0.2) is 0 Å². The van der Waals surface area contributed by atoms with Crippen molar-refractivity contribution >= 4 is 0 Å². The molecule has 100 valence electrons. The maximum absolute atomic E-state index is 4.48. The Kier molecular flexibility index (Phi) is 3.37. The Morgan fingerprint density at radius 2 is 2.22 bits per heavy atom. The first-order chi connectivity index (χ1) is 8.78. The Bertz CT molecular complexity index is 412. The van der Waals surface area contributed by atoms with Crippen LogP contribution in [-0.2, 0) is 13.0 Å². The largest absolute Gasteiger partial charge is 0.314 e. The monoisotopic (exact) mass is 248 g/mol. The van der Waals surface area contributed by atoms with Crippen LogP contribution in [0, 0.1) is 11.8 Å². The summed E-state index contributed by atoms with van der Waals surface area (Å²) in [7, 11) is 0. The van der Waals surface area contributed by atoms with E-state index in [1.165, 1.54) is 37.3 Å². The van der Waals surface area contributed by atoms with E-state index < -0.39 is 0 Å². The molecule has 3 atom stereocenters. The van der Waals surface area contributed by atoms with E-state index >= 15 is 0 Å². The summed E-state index contributed by atoms with van der Waals surface area (Å²) in [5, 5.41) is 12.5. The normalized spacial score (nSPS) is 32.2. The number of hydrogen-bond acceptors (Lipinski definition) is 3. The zero-order chi connectivity index (χ0) is 12.5. The van der Waals surface area contributed by atoms with Crippen LogP contribution in [-0.4, -0.2) is 21.3 Å². The molecule has 0 aromatic carbocycles. The number of aromatic nitrogens is 3. The molecule has 0 spiro atoms. The van der Waals surface area contributed by atoms with E-state index in [0.717, 1.165) is 31.3 Å². The van der Waals surface area contributed by atoms with Gasteiger partial charge in [-0.1, -0.05) is 20.3 Å². The van der Waals surface area contributed by atoms with Crippen LogP contribution in [0.4, 0.5) is 0 Å². The maximum atomic E-state index is 4.48. The van der Waals surface area contributed by atoms with Crippen LogP contribution in [0.2, 0.25) is 0 Å². The maximum Gasteiger partial charge on any atom is 0.150 e. The van der Waals surface area contributed by atoms with Crippen molar-refractivity contribution < 1.29 is 0 Å². The summed E-state index contributed by atoms with van der Waals surface area (Å²) in [5.41, 5.74) is 0. The average molecular weight is 248 g/mol. The minimum Gasteiger partial charge on any atom is -0.314 e. The van der Waals surface area contributed by atoms with Gasteiger partial charge in [0.05, 0.1) is 6.04 Å². The molecule has 3 unspecified atom stereocenters. The predicted octanol–water partition coefficient (Wildman–Crippen LogP) is 2.31. The van der Waals surface area contributed by atoms with E-state index in [9.17, 15) is 0 Å². The summed E-state index contributed by atoms with van der Waals surface area (Å²) in [5.74, 6) is 4.00. The number of piperidine rings is 1. The Hall–Kier alpha value is -0.900. The summed E-state index contributed by atoms with van der Waals surface area (Å²) in [6.45, 7) is 6.84. The summed E-state index contributed by atoms with van der Waals surface area (Å²) in [4.78, 5) is 0. The lowest BCUT2D eigenvalue weighted by atomic mass is 9.90. The second-order valence-corrected chi connectivity index (χ2v) is 6.03. The van der Waals surface area contributed by atoms with Gasteiger partial charge in [-0.25, -0.2) is 0 Å². The highest BCUT2D eigenvalue weighted by molar-refractivity contribution is 5.05. The standard InChI is InChI=1S/C14H24N4/c1-3-11-4-6-15-12(9-11)14-17-16-13-8-10(2)5-7-18(13)14/h10-12,15H,3-9H2,1-2H3. The molecule has 4 nitrogen and oxygen atoms in total. The van der Waals surface area contributed by atoms with Crippen molar-refractivity contribution in [3.05, 3.63) is 11.6 Å². The molecule has 4 heteroatoms. The van der Waals surface area contributed by atoms with Crippen LogP contribution in [0.3, 0.4) is 0 Å². The summed E-state index contributed by atoms with van der Waals surface area (Å²) >= 11 is 0. The van der Waals surface area contributed by atoms with E-state index in [0.29, 0.717) is 6.04 Å². The van der Waals surface area contributed by atoms with Crippen LogP contribution >= 0.6 is 0 Å². The van der Waals surface area contributed by atoms with Crippen molar-refractivity contribution in [3.63, 3.8) is 0 Å². The van der Waals surface area contributed by atoms with Gasteiger partial charge in [0.2, 0.25) is 0 Å². The minimum absolute atomic E-state index is 0.429. The zero-order valence-electron chi connectivity index (χ0n) is 11.5. The van der Waals surface area contributed by atoms with Crippen LogP contribution in [0.5, 0.6) is 0 Å². The van der Waals surface area contributed by atoms with Crippen molar-refractivity contribution in [3.8, 4) is 0 Å². The number of nitrogens with one attached hydrogen (secondary N) is 1. The fourth-order valence-electron chi connectivity index (χ4n) is 3.33. The molecule has 1 fully saturated rings. The average Bonchev–Trinajstić information content (AvgIpc) is 2.81. The Morgan fingerprint density at radius 1 is 1.33 bits per heavy atom. The molecule has 0 radical (unpaired) electrons. The number of hydrogen-bond donors (Lipinski definition) is 1. The third-order valence-electron chi connectivity index (χ3n) is 4.63. The van der Waals surface area contributed by atoms with Gasteiger partial charge in [-0.05, 0) is 37.6 Å². The van der Waals surface area contributed by atoms with Gasteiger partial charge in [-0.15, -0.1) is 10.2 Å². The van der Waals surface area contributed by atoms with Crippen molar-refractivity contribution in [1.29, 1.82) is 0 Å². The molecule has 1 aromatic rings. The van der Waals surface area contributed by atoms with Gasteiger partial charge in [0.25, 0.3) is 0 Å². The molecule has 0 saturated carbocycles. The quantitative estimate of drug-likeness (QED) is 0.873. The molecule has 0 amide bonds. The number of rotatable bonds is 2. The van der Waals surface area contributed by atoms with Crippen LogP contribution in [0.15, 0.2) is 0 Å². The highest BCUT2D eigenvalue weighted by Crippen LogP contribution is 2.30. The first-order valence-corrected chi connectivity index (χ1v) is 7.43. The van der Waals surface area contributed by atoms with Gasteiger partial charge in [0, 0.05) is 13.0 Å². The van der Waals surface area contributed by atoms with Gasteiger partial charge >= 0.3 is 0 Å². The zero-order valence-corrected chi connectivity index (χ0v) is 11.5. The molecule has 18 heavy (non-hydrogen) atoms. The summed E-state index contributed by atoms with van der Waals surface area (Å²) in [6, 6.07) is 0.429. The third kappa shape index (κ3) is 2.18.